The molecule has 0 spiro atoms. The third-order valence-corrected chi connectivity index (χ3v) is 5.35. The van der Waals surface area contributed by atoms with Crippen LogP contribution in [0, 0.1) is 0 Å². The number of para-hydroxylation sites is 1. The number of fused-ring (bicyclic) bond motifs is 1. The first kappa shape index (κ1) is 19.6. The average molecular weight is 413 g/mol. The highest BCUT2D eigenvalue weighted by Crippen LogP contribution is 2.27. The lowest BCUT2D eigenvalue weighted by Gasteiger charge is -2.36. The van der Waals surface area contributed by atoms with Crippen LogP contribution in [0.4, 0.5) is 5.82 Å². The summed E-state index contributed by atoms with van der Waals surface area (Å²) in [7, 11) is 0. The van der Waals surface area contributed by atoms with Crippen LogP contribution in [0.5, 0.6) is 0 Å². The summed E-state index contributed by atoms with van der Waals surface area (Å²) in [6, 6.07) is 10.0. The maximum Gasteiger partial charge on any atom is 0.240 e. The number of piperazine rings is 1. The topological polar surface area (TPSA) is 67.2 Å². The molecule has 7 nitrogen and oxygen atoms in total. The van der Waals surface area contributed by atoms with Crippen molar-refractivity contribution in [2.45, 2.75) is 32.1 Å². The lowest BCUT2D eigenvalue weighted by molar-refractivity contribution is -0.130. The lowest BCUT2D eigenvalue weighted by Crippen LogP contribution is -2.50. The van der Waals surface area contributed by atoms with Crippen LogP contribution in [-0.4, -0.2) is 62.1 Å². The van der Waals surface area contributed by atoms with Gasteiger partial charge in [-0.25, -0.2) is 14.6 Å². The van der Waals surface area contributed by atoms with Crippen molar-refractivity contribution < 1.29 is 4.79 Å². The number of halogens is 1. The first-order chi connectivity index (χ1) is 14.1. The Balaban J connectivity index is 1.69. The second-order valence-corrected chi connectivity index (χ2v) is 7.93. The van der Waals surface area contributed by atoms with Gasteiger partial charge < -0.3 is 9.80 Å². The quantitative estimate of drug-likeness (QED) is 0.602. The van der Waals surface area contributed by atoms with Crippen LogP contribution in [0.15, 0.2) is 36.5 Å². The predicted molar refractivity (Wildman–Crippen MR) is 115 cm³/mol. The maximum absolute atomic E-state index is 12.2. The molecule has 1 aromatic carbocycles. The van der Waals surface area contributed by atoms with Gasteiger partial charge in [0.05, 0.1) is 17.3 Å². The number of nitrogens with zero attached hydrogens (tertiary/aromatic N) is 6. The fraction of sp³-hybridized carbons (Fsp3) is 0.429. The summed E-state index contributed by atoms with van der Waals surface area (Å²) in [6.07, 6.45) is 3.62. The van der Waals surface area contributed by atoms with Crippen molar-refractivity contribution in [2.75, 3.05) is 31.1 Å². The molecule has 1 fully saturated rings. The van der Waals surface area contributed by atoms with Crippen LogP contribution < -0.4 is 4.90 Å². The number of carbonyl (C=O) groups excluding carboxylic acids is 1. The van der Waals surface area contributed by atoms with Gasteiger partial charge in [-0.3, -0.25) is 4.79 Å². The Morgan fingerprint density at radius 3 is 2.52 bits per heavy atom. The summed E-state index contributed by atoms with van der Waals surface area (Å²) in [5.74, 6) is 1.70. The van der Waals surface area contributed by atoms with E-state index in [9.17, 15) is 4.79 Å². The molecule has 1 aliphatic heterocycles. The molecular weight excluding hydrogens is 388 g/mol. The Labute approximate surface area is 175 Å². The zero-order chi connectivity index (χ0) is 20.4. The summed E-state index contributed by atoms with van der Waals surface area (Å²) >= 11 is 5.97. The zero-order valence-electron chi connectivity index (χ0n) is 16.8. The summed E-state index contributed by atoms with van der Waals surface area (Å²) in [4.78, 5) is 25.9. The van der Waals surface area contributed by atoms with E-state index in [0.29, 0.717) is 26.2 Å². The average Bonchev–Trinajstić information content (AvgIpc) is 3.17. The molecule has 1 amide bonds. The van der Waals surface area contributed by atoms with Crippen molar-refractivity contribution in [1.29, 1.82) is 0 Å². The largest absolute Gasteiger partial charge is 0.352 e. The number of aromatic nitrogens is 4. The summed E-state index contributed by atoms with van der Waals surface area (Å²) in [6.45, 7) is 6.54. The van der Waals surface area contributed by atoms with Crippen molar-refractivity contribution in [1.82, 2.24) is 24.6 Å². The highest BCUT2D eigenvalue weighted by atomic mass is 35.5. The van der Waals surface area contributed by atoms with E-state index in [0.717, 1.165) is 41.2 Å². The minimum atomic E-state index is -0.493. The Morgan fingerprint density at radius 2 is 1.86 bits per heavy atom. The van der Waals surface area contributed by atoms with E-state index in [2.05, 4.69) is 16.9 Å². The monoisotopic (exact) mass is 412 g/mol. The van der Waals surface area contributed by atoms with Crippen molar-refractivity contribution in [3.63, 3.8) is 0 Å². The van der Waals surface area contributed by atoms with Crippen LogP contribution in [0.1, 0.15) is 26.1 Å². The van der Waals surface area contributed by atoms with E-state index in [1.165, 1.54) is 0 Å². The molecule has 0 N–H and O–H groups in total. The van der Waals surface area contributed by atoms with Gasteiger partial charge in [0.15, 0.2) is 5.65 Å². The molecule has 1 saturated heterocycles. The van der Waals surface area contributed by atoms with E-state index in [4.69, 9.17) is 21.6 Å². The van der Waals surface area contributed by atoms with Gasteiger partial charge in [0, 0.05) is 32.6 Å². The smallest absolute Gasteiger partial charge is 0.240 e. The van der Waals surface area contributed by atoms with Gasteiger partial charge in [-0.2, -0.15) is 5.10 Å². The number of anilines is 1. The van der Waals surface area contributed by atoms with Gasteiger partial charge in [0.2, 0.25) is 5.91 Å². The number of hydrogen-bond acceptors (Lipinski definition) is 5. The second kappa shape index (κ2) is 8.37. The molecule has 1 aliphatic rings. The molecule has 3 aromatic rings. The minimum absolute atomic E-state index is 0.0114. The van der Waals surface area contributed by atoms with Crippen LogP contribution in [0.2, 0.25) is 0 Å². The fourth-order valence-electron chi connectivity index (χ4n) is 3.66. The molecule has 152 valence electrons. The first-order valence-electron chi connectivity index (χ1n) is 10.1. The van der Waals surface area contributed by atoms with Crippen LogP contribution in [0.3, 0.4) is 0 Å². The SMILES string of the molecule is CCCc1nc(N2CCN(C(=O)[C@@H](C)Cl)CC2)c2cnn(-c3ccccc3)c2n1. The minimum Gasteiger partial charge on any atom is -0.352 e. The van der Waals surface area contributed by atoms with Gasteiger partial charge in [0.1, 0.15) is 17.0 Å². The Hall–Kier alpha value is -2.67. The number of benzene rings is 1. The zero-order valence-corrected chi connectivity index (χ0v) is 17.5. The Morgan fingerprint density at radius 1 is 1.14 bits per heavy atom. The second-order valence-electron chi connectivity index (χ2n) is 7.27. The van der Waals surface area contributed by atoms with Crippen molar-refractivity contribution in [2.24, 2.45) is 0 Å². The molecule has 0 bridgehead atoms. The third-order valence-electron chi connectivity index (χ3n) is 5.16. The van der Waals surface area contributed by atoms with Crippen molar-refractivity contribution in [3.05, 3.63) is 42.4 Å². The number of rotatable bonds is 5. The van der Waals surface area contributed by atoms with Gasteiger partial charge in [0.25, 0.3) is 0 Å². The number of aryl methyl sites for hydroxylation is 1. The normalized spacial score (nSPS) is 15.7. The molecule has 8 heteroatoms. The molecule has 29 heavy (non-hydrogen) atoms. The van der Waals surface area contributed by atoms with E-state index in [-0.39, 0.29) is 5.91 Å². The van der Waals surface area contributed by atoms with Crippen LogP contribution in [0.25, 0.3) is 16.7 Å². The summed E-state index contributed by atoms with van der Waals surface area (Å²) < 4.78 is 1.87. The number of alkyl halides is 1. The molecule has 1 atom stereocenters. The van der Waals surface area contributed by atoms with Crippen molar-refractivity contribution in [3.8, 4) is 5.69 Å². The number of carbonyl (C=O) groups is 1. The highest BCUT2D eigenvalue weighted by molar-refractivity contribution is 6.30. The van der Waals surface area contributed by atoms with E-state index in [1.54, 1.807) is 6.92 Å². The van der Waals surface area contributed by atoms with E-state index in [1.807, 2.05) is 46.1 Å². The van der Waals surface area contributed by atoms with Gasteiger partial charge in [-0.15, -0.1) is 11.6 Å². The molecule has 4 rings (SSSR count). The molecule has 0 unspecified atom stereocenters. The van der Waals surface area contributed by atoms with E-state index >= 15 is 0 Å². The Bertz CT molecular complexity index is 995. The van der Waals surface area contributed by atoms with Gasteiger partial charge in [-0.1, -0.05) is 25.1 Å². The Kier molecular flexibility index (Phi) is 5.67. The molecule has 0 saturated carbocycles. The number of amides is 1. The van der Waals surface area contributed by atoms with Gasteiger partial charge >= 0.3 is 0 Å². The molecule has 3 heterocycles. The first-order valence-corrected chi connectivity index (χ1v) is 10.5. The standard InChI is InChI=1S/C21H25ClN6O/c1-3-7-18-24-19(26-10-12-27(13-11-26)21(29)15(2)22)17-14-23-28(20(17)25-18)16-8-5-4-6-9-16/h4-6,8-9,14-15H,3,7,10-13H2,1-2H3/t15-/m1/s1. The molecular formula is C21H25ClN6O. The van der Waals surface area contributed by atoms with Crippen molar-refractivity contribution >= 4 is 34.4 Å². The summed E-state index contributed by atoms with van der Waals surface area (Å²) in [5.41, 5.74) is 1.79. The predicted octanol–water partition coefficient (Wildman–Crippen LogP) is 3.04. The molecule has 0 radical (unpaired) electrons. The highest BCUT2D eigenvalue weighted by Gasteiger charge is 2.26. The van der Waals surface area contributed by atoms with Crippen LogP contribution in [-0.2, 0) is 11.2 Å². The number of hydrogen-bond donors (Lipinski definition) is 0. The third kappa shape index (κ3) is 3.92. The maximum atomic E-state index is 12.2. The van der Waals surface area contributed by atoms with Gasteiger partial charge in [-0.05, 0) is 25.5 Å². The van der Waals surface area contributed by atoms with Crippen LogP contribution >= 0.6 is 11.6 Å². The summed E-state index contributed by atoms with van der Waals surface area (Å²) in [5, 5.41) is 5.03. The van der Waals surface area contributed by atoms with E-state index < -0.39 is 5.38 Å². The fourth-order valence-corrected chi connectivity index (χ4v) is 3.80. The molecule has 2 aromatic heterocycles. The lowest BCUT2D eigenvalue weighted by atomic mass is 10.2. The molecule has 0 aliphatic carbocycles.